The zero-order chi connectivity index (χ0) is 13.5. The Balaban J connectivity index is 4.05. The molecular formula is C16H35N. The Labute approximate surface area is 110 Å². The van der Waals surface area contributed by atoms with Crippen molar-refractivity contribution in [3.05, 3.63) is 0 Å². The summed E-state index contributed by atoms with van der Waals surface area (Å²) in [7, 11) is 0. The van der Waals surface area contributed by atoms with E-state index in [0.29, 0.717) is 11.5 Å². The average molecular weight is 241 g/mol. The van der Waals surface area contributed by atoms with Crippen molar-refractivity contribution in [3.8, 4) is 0 Å². The van der Waals surface area contributed by atoms with Gasteiger partial charge in [-0.05, 0) is 32.6 Å². The second-order valence-corrected chi connectivity index (χ2v) is 7.52. The van der Waals surface area contributed by atoms with Crippen LogP contribution in [0.5, 0.6) is 0 Å². The SMILES string of the molecule is CCCCCCCC(NC(C)(C)C)C(C)(C)C. The van der Waals surface area contributed by atoms with Gasteiger partial charge >= 0.3 is 0 Å². The molecule has 0 fully saturated rings. The van der Waals surface area contributed by atoms with E-state index >= 15 is 0 Å². The van der Waals surface area contributed by atoms with E-state index in [1.54, 1.807) is 0 Å². The van der Waals surface area contributed by atoms with Crippen LogP contribution in [0.25, 0.3) is 0 Å². The Morgan fingerprint density at radius 1 is 0.824 bits per heavy atom. The number of hydrogen-bond donors (Lipinski definition) is 1. The van der Waals surface area contributed by atoms with E-state index in [2.05, 4.69) is 53.8 Å². The molecular weight excluding hydrogens is 206 g/mol. The van der Waals surface area contributed by atoms with Crippen molar-refractivity contribution in [1.29, 1.82) is 0 Å². The first kappa shape index (κ1) is 17.0. The molecule has 0 bridgehead atoms. The second kappa shape index (κ2) is 7.41. The van der Waals surface area contributed by atoms with Gasteiger partial charge in [0.05, 0.1) is 0 Å². The van der Waals surface area contributed by atoms with Crippen LogP contribution in [0.3, 0.4) is 0 Å². The maximum atomic E-state index is 3.79. The topological polar surface area (TPSA) is 12.0 Å². The van der Waals surface area contributed by atoms with Crippen LogP contribution in [0.2, 0.25) is 0 Å². The van der Waals surface area contributed by atoms with Crippen LogP contribution in [-0.4, -0.2) is 11.6 Å². The van der Waals surface area contributed by atoms with Crippen molar-refractivity contribution in [3.63, 3.8) is 0 Å². The van der Waals surface area contributed by atoms with E-state index < -0.39 is 0 Å². The summed E-state index contributed by atoms with van der Waals surface area (Å²) in [6, 6.07) is 0.629. The van der Waals surface area contributed by atoms with E-state index in [1.807, 2.05) is 0 Å². The Kier molecular flexibility index (Phi) is 7.39. The van der Waals surface area contributed by atoms with Gasteiger partial charge in [0.15, 0.2) is 0 Å². The summed E-state index contributed by atoms with van der Waals surface area (Å²) < 4.78 is 0. The van der Waals surface area contributed by atoms with Crippen molar-refractivity contribution >= 4 is 0 Å². The minimum absolute atomic E-state index is 0.224. The lowest BCUT2D eigenvalue weighted by molar-refractivity contribution is 0.204. The van der Waals surface area contributed by atoms with Gasteiger partial charge < -0.3 is 5.32 Å². The van der Waals surface area contributed by atoms with Crippen LogP contribution in [0.4, 0.5) is 0 Å². The van der Waals surface area contributed by atoms with Crippen LogP contribution >= 0.6 is 0 Å². The fourth-order valence-corrected chi connectivity index (χ4v) is 2.20. The fourth-order valence-electron chi connectivity index (χ4n) is 2.20. The van der Waals surface area contributed by atoms with E-state index in [0.717, 1.165) is 0 Å². The molecule has 17 heavy (non-hydrogen) atoms. The van der Waals surface area contributed by atoms with Crippen molar-refractivity contribution < 1.29 is 0 Å². The normalized spacial score (nSPS) is 15.0. The molecule has 0 saturated heterocycles. The maximum Gasteiger partial charge on any atom is 0.0120 e. The summed E-state index contributed by atoms with van der Waals surface area (Å²) >= 11 is 0. The van der Waals surface area contributed by atoms with Gasteiger partial charge in [-0.15, -0.1) is 0 Å². The van der Waals surface area contributed by atoms with Crippen molar-refractivity contribution in [2.45, 2.75) is 98.6 Å². The molecule has 1 unspecified atom stereocenters. The largest absolute Gasteiger partial charge is 0.309 e. The molecule has 0 saturated carbocycles. The Bertz CT molecular complexity index is 183. The summed E-state index contributed by atoms with van der Waals surface area (Å²) in [6.07, 6.45) is 8.21. The Morgan fingerprint density at radius 3 is 1.76 bits per heavy atom. The molecule has 0 amide bonds. The van der Waals surface area contributed by atoms with Crippen molar-refractivity contribution in [1.82, 2.24) is 5.32 Å². The molecule has 1 atom stereocenters. The fraction of sp³-hybridized carbons (Fsp3) is 1.00. The highest BCUT2D eigenvalue weighted by Crippen LogP contribution is 2.25. The third kappa shape index (κ3) is 9.64. The Hall–Kier alpha value is -0.0400. The lowest BCUT2D eigenvalue weighted by Gasteiger charge is -2.37. The third-order valence-corrected chi connectivity index (χ3v) is 3.25. The van der Waals surface area contributed by atoms with Gasteiger partial charge in [0.2, 0.25) is 0 Å². The summed E-state index contributed by atoms with van der Waals surface area (Å²) in [5.41, 5.74) is 0.583. The number of rotatable bonds is 7. The number of nitrogens with one attached hydrogen (secondary N) is 1. The van der Waals surface area contributed by atoms with E-state index in [1.165, 1.54) is 38.5 Å². The van der Waals surface area contributed by atoms with Gasteiger partial charge in [0.1, 0.15) is 0 Å². The minimum Gasteiger partial charge on any atom is -0.309 e. The predicted molar refractivity (Wildman–Crippen MR) is 79.5 cm³/mol. The highest BCUT2D eigenvalue weighted by atomic mass is 15.0. The molecule has 0 heterocycles. The lowest BCUT2D eigenvalue weighted by atomic mass is 9.82. The third-order valence-electron chi connectivity index (χ3n) is 3.25. The molecule has 1 nitrogen and oxygen atoms in total. The number of hydrogen-bond acceptors (Lipinski definition) is 1. The van der Waals surface area contributed by atoms with Gasteiger partial charge in [-0.2, -0.15) is 0 Å². The molecule has 0 aromatic carbocycles. The second-order valence-electron chi connectivity index (χ2n) is 7.52. The molecule has 0 aromatic heterocycles. The molecule has 0 aromatic rings. The van der Waals surface area contributed by atoms with Crippen LogP contribution in [-0.2, 0) is 0 Å². The van der Waals surface area contributed by atoms with Crippen LogP contribution < -0.4 is 5.32 Å². The molecule has 0 radical (unpaired) electrons. The average Bonchev–Trinajstić information content (AvgIpc) is 2.12. The van der Waals surface area contributed by atoms with Crippen LogP contribution in [0.1, 0.15) is 87.0 Å². The van der Waals surface area contributed by atoms with Gasteiger partial charge in [0, 0.05) is 11.6 Å². The van der Waals surface area contributed by atoms with Crippen molar-refractivity contribution in [2.75, 3.05) is 0 Å². The molecule has 0 spiro atoms. The zero-order valence-corrected chi connectivity index (χ0v) is 13.3. The van der Waals surface area contributed by atoms with E-state index in [9.17, 15) is 0 Å². The Morgan fingerprint density at radius 2 is 1.35 bits per heavy atom. The summed E-state index contributed by atoms with van der Waals surface area (Å²) in [5, 5.41) is 3.79. The van der Waals surface area contributed by atoms with Gasteiger partial charge in [-0.3, -0.25) is 0 Å². The molecule has 0 rings (SSSR count). The minimum atomic E-state index is 0.224. The summed E-state index contributed by atoms with van der Waals surface area (Å²) in [6.45, 7) is 16.1. The lowest BCUT2D eigenvalue weighted by Crippen LogP contribution is -2.49. The molecule has 1 heteroatoms. The van der Waals surface area contributed by atoms with Gasteiger partial charge in [-0.1, -0.05) is 59.8 Å². The smallest absolute Gasteiger partial charge is 0.0120 e. The van der Waals surface area contributed by atoms with Crippen LogP contribution in [0, 0.1) is 5.41 Å². The van der Waals surface area contributed by atoms with Gasteiger partial charge in [0.25, 0.3) is 0 Å². The molecule has 0 aliphatic heterocycles. The van der Waals surface area contributed by atoms with Crippen molar-refractivity contribution in [2.24, 2.45) is 5.41 Å². The highest BCUT2D eigenvalue weighted by molar-refractivity contribution is 4.86. The molecule has 0 aliphatic rings. The standard InChI is InChI=1S/C16H35N/c1-8-9-10-11-12-13-14(15(2,3)4)17-16(5,6)7/h14,17H,8-13H2,1-7H3. The van der Waals surface area contributed by atoms with E-state index in [-0.39, 0.29) is 5.54 Å². The summed E-state index contributed by atoms with van der Waals surface area (Å²) in [5.74, 6) is 0. The quantitative estimate of drug-likeness (QED) is 0.608. The monoisotopic (exact) mass is 241 g/mol. The number of unbranched alkanes of at least 4 members (excludes halogenated alkanes) is 4. The summed E-state index contributed by atoms with van der Waals surface area (Å²) in [4.78, 5) is 0. The molecule has 0 aliphatic carbocycles. The molecule has 104 valence electrons. The van der Waals surface area contributed by atoms with E-state index in [4.69, 9.17) is 0 Å². The highest BCUT2D eigenvalue weighted by Gasteiger charge is 2.27. The van der Waals surface area contributed by atoms with Gasteiger partial charge in [-0.25, -0.2) is 0 Å². The predicted octanol–water partition coefficient (Wildman–Crippen LogP) is 5.15. The maximum absolute atomic E-state index is 3.79. The first-order valence-electron chi connectivity index (χ1n) is 7.44. The zero-order valence-electron chi connectivity index (χ0n) is 13.3. The molecule has 1 N–H and O–H groups in total. The first-order chi connectivity index (χ1) is 7.67. The first-order valence-corrected chi connectivity index (χ1v) is 7.44. The van der Waals surface area contributed by atoms with Crippen LogP contribution in [0.15, 0.2) is 0 Å².